The summed E-state index contributed by atoms with van der Waals surface area (Å²) in [5.41, 5.74) is 6.32. The Bertz CT molecular complexity index is 574. The first-order valence-electron chi connectivity index (χ1n) is 5.67. The summed E-state index contributed by atoms with van der Waals surface area (Å²) in [6, 6.07) is 9.37. The molecule has 0 saturated carbocycles. The van der Waals surface area contributed by atoms with Crippen LogP contribution in [-0.4, -0.2) is 6.54 Å². The Balaban J connectivity index is 2.24. The van der Waals surface area contributed by atoms with Gasteiger partial charge in [-0.05, 0) is 29.8 Å². The van der Waals surface area contributed by atoms with Gasteiger partial charge < -0.3 is 5.73 Å². The van der Waals surface area contributed by atoms with Crippen LogP contribution < -0.4 is 5.73 Å². The van der Waals surface area contributed by atoms with Crippen LogP contribution in [0.15, 0.2) is 47.4 Å². The number of rotatable bonds is 4. The average molecular weight is 283 g/mol. The minimum Gasteiger partial charge on any atom is -0.329 e. The molecule has 2 N–H and O–H groups in total. The monoisotopic (exact) mass is 283 g/mol. The Labute approximate surface area is 113 Å². The third-order valence-electron chi connectivity index (χ3n) is 2.60. The van der Waals surface area contributed by atoms with E-state index in [1.54, 1.807) is 12.1 Å². The summed E-state index contributed by atoms with van der Waals surface area (Å²) in [6.45, 7) is 0.227. The number of thioether (sulfide) groups is 1. The first-order chi connectivity index (χ1) is 9.10. The van der Waals surface area contributed by atoms with Crippen LogP contribution in [0.5, 0.6) is 0 Å². The van der Waals surface area contributed by atoms with E-state index in [-0.39, 0.29) is 17.6 Å². The van der Waals surface area contributed by atoms with E-state index in [1.165, 1.54) is 24.3 Å². The van der Waals surface area contributed by atoms with Crippen LogP contribution in [0.25, 0.3) is 0 Å². The molecule has 100 valence electrons. The number of halogens is 3. The van der Waals surface area contributed by atoms with Gasteiger partial charge in [-0.2, -0.15) is 0 Å². The summed E-state index contributed by atoms with van der Waals surface area (Å²) >= 11 is 1.15. The number of hydrogen-bond acceptors (Lipinski definition) is 2. The third-order valence-corrected chi connectivity index (χ3v) is 3.93. The Hall–Kier alpha value is -1.46. The Morgan fingerprint density at radius 3 is 2.37 bits per heavy atom. The minimum atomic E-state index is -0.639. The normalized spacial score (nSPS) is 12.4. The lowest BCUT2D eigenvalue weighted by molar-refractivity contribution is 0.565. The van der Waals surface area contributed by atoms with E-state index in [4.69, 9.17) is 5.73 Å². The molecule has 1 nitrogen and oxygen atoms in total. The minimum absolute atomic E-state index is 0.227. The van der Waals surface area contributed by atoms with E-state index < -0.39 is 11.6 Å². The van der Waals surface area contributed by atoms with Crippen LogP contribution >= 0.6 is 11.8 Å². The SMILES string of the molecule is NCC(Sc1ccc(F)cc1F)c1cccc(F)c1. The number of hydrogen-bond donors (Lipinski definition) is 1. The molecule has 0 aliphatic carbocycles. The molecule has 0 amide bonds. The van der Waals surface area contributed by atoms with Gasteiger partial charge in [0.15, 0.2) is 0 Å². The van der Waals surface area contributed by atoms with Crippen molar-refractivity contribution >= 4 is 11.8 Å². The maximum absolute atomic E-state index is 13.6. The van der Waals surface area contributed by atoms with Crippen LogP contribution in [0.4, 0.5) is 13.2 Å². The van der Waals surface area contributed by atoms with Gasteiger partial charge in [-0.25, -0.2) is 13.2 Å². The molecular formula is C14H12F3NS. The van der Waals surface area contributed by atoms with Crippen LogP contribution in [0.2, 0.25) is 0 Å². The molecule has 0 radical (unpaired) electrons. The molecule has 2 aromatic rings. The largest absolute Gasteiger partial charge is 0.329 e. The van der Waals surface area contributed by atoms with Gasteiger partial charge in [0.25, 0.3) is 0 Å². The number of nitrogens with two attached hydrogens (primary N) is 1. The van der Waals surface area contributed by atoms with Crippen LogP contribution in [0, 0.1) is 17.5 Å². The lowest BCUT2D eigenvalue weighted by Gasteiger charge is -2.15. The van der Waals surface area contributed by atoms with Gasteiger partial charge in [0.05, 0.1) is 0 Å². The van der Waals surface area contributed by atoms with Crippen molar-refractivity contribution in [2.24, 2.45) is 5.73 Å². The molecule has 0 aromatic heterocycles. The van der Waals surface area contributed by atoms with E-state index in [2.05, 4.69) is 0 Å². The quantitative estimate of drug-likeness (QED) is 0.861. The van der Waals surface area contributed by atoms with Crippen molar-refractivity contribution in [1.82, 2.24) is 0 Å². The maximum Gasteiger partial charge on any atom is 0.139 e. The van der Waals surface area contributed by atoms with Gasteiger partial charge in [0, 0.05) is 22.8 Å². The third kappa shape index (κ3) is 3.52. The number of benzene rings is 2. The highest BCUT2D eigenvalue weighted by molar-refractivity contribution is 7.99. The summed E-state index contributed by atoms with van der Waals surface area (Å²) < 4.78 is 39.5. The molecule has 0 heterocycles. The molecule has 5 heteroatoms. The van der Waals surface area contributed by atoms with Crippen molar-refractivity contribution < 1.29 is 13.2 Å². The van der Waals surface area contributed by atoms with Crippen molar-refractivity contribution in [2.45, 2.75) is 10.1 Å². The first-order valence-corrected chi connectivity index (χ1v) is 6.55. The van der Waals surface area contributed by atoms with E-state index in [9.17, 15) is 13.2 Å². The van der Waals surface area contributed by atoms with E-state index in [0.717, 1.165) is 17.8 Å². The highest BCUT2D eigenvalue weighted by Gasteiger charge is 2.15. The molecule has 1 unspecified atom stereocenters. The maximum atomic E-state index is 13.6. The Morgan fingerprint density at radius 1 is 1.00 bits per heavy atom. The molecule has 0 spiro atoms. The van der Waals surface area contributed by atoms with Crippen molar-refractivity contribution in [1.29, 1.82) is 0 Å². The second-order valence-corrected chi connectivity index (χ2v) is 5.22. The van der Waals surface area contributed by atoms with Crippen molar-refractivity contribution in [3.05, 3.63) is 65.5 Å². The van der Waals surface area contributed by atoms with Crippen molar-refractivity contribution in [3.8, 4) is 0 Å². The van der Waals surface area contributed by atoms with Gasteiger partial charge in [0.1, 0.15) is 17.5 Å². The van der Waals surface area contributed by atoms with Crippen LogP contribution in [0.3, 0.4) is 0 Å². The molecule has 0 saturated heterocycles. The molecule has 0 aliphatic heterocycles. The fraction of sp³-hybridized carbons (Fsp3) is 0.143. The smallest absolute Gasteiger partial charge is 0.139 e. The predicted octanol–water partition coefficient (Wildman–Crippen LogP) is 3.90. The second-order valence-electron chi connectivity index (χ2n) is 3.97. The molecule has 2 rings (SSSR count). The standard InChI is InChI=1S/C14H12F3NS/c15-10-3-1-2-9(6-10)14(8-18)19-13-5-4-11(16)7-12(13)17/h1-7,14H,8,18H2. The van der Waals surface area contributed by atoms with E-state index >= 15 is 0 Å². The van der Waals surface area contributed by atoms with Gasteiger partial charge in [-0.15, -0.1) is 11.8 Å². The van der Waals surface area contributed by atoms with Crippen molar-refractivity contribution in [3.63, 3.8) is 0 Å². The zero-order chi connectivity index (χ0) is 13.8. The highest BCUT2D eigenvalue weighted by atomic mass is 32.2. The Morgan fingerprint density at radius 2 is 1.74 bits per heavy atom. The first kappa shape index (κ1) is 14.0. The highest BCUT2D eigenvalue weighted by Crippen LogP contribution is 2.36. The molecule has 0 aliphatic rings. The van der Waals surface area contributed by atoms with E-state index in [0.29, 0.717) is 10.5 Å². The lowest BCUT2D eigenvalue weighted by atomic mass is 10.1. The fourth-order valence-corrected chi connectivity index (χ4v) is 2.69. The average Bonchev–Trinajstić information content (AvgIpc) is 2.38. The van der Waals surface area contributed by atoms with E-state index in [1.807, 2.05) is 0 Å². The van der Waals surface area contributed by atoms with Gasteiger partial charge in [-0.3, -0.25) is 0 Å². The van der Waals surface area contributed by atoms with Gasteiger partial charge in [-0.1, -0.05) is 12.1 Å². The van der Waals surface area contributed by atoms with Crippen molar-refractivity contribution in [2.75, 3.05) is 6.54 Å². The zero-order valence-electron chi connectivity index (χ0n) is 9.95. The fourth-order valence-electron chi connectivity index (χ4n) is 1.68. The molecule has 19 heavy (non-hydrogen) atoms. The van der Waals surface area contributed by atoms with Gasteiger partial charge in [0.2, 0.25) is 0 Å². The summed E-state index contributed by atoms with van der Waals surface area (Å²) in [7, 11) is 0. The Kier molecular flexibility index (Phi) is 4.50. The summed E-state index contributed by atoms with van der Waals surface area (Å²) in [5.74, 6) is -1.63. The molecule has 0 bridgehead atoms. The summed E-state index contributed by atoms with van der Waals surface area (Å²) in [6.07, 6.45) is 0. The van der Waals surface area contributed by atoms with Crippen LogP contribution in [0.1, 0.15) is 10.8 Å². The molecular weight excluding hydrogens is 271 g/mol. The zero-order valence-corrected chi connectivity index (χ0v) is 10.8. The predicted molar refractivity (Wildman–Crippen MR) is 70.4 cm³/mol. The lowest BCUT2D eigenvalue weighted by Crippen LogP contribution is -2.09. The molecule has 1 atom stereocenters. The summed E-state index contributed by atoms with van der Waals surface area (Å²) in [4.78, 5) is 0.293. The summed E-state index contributed by atoms with van der Waals surface area (Å²) in [5, 5.41) is -0.282. The van der Waals surface area contributed by atoms with Gasteiger partial charge >= 0.3 is 0 Å². The topological polar surface area (TPSA) is 26.0 Å². The van der Waals surface area contributed by atoms with Crippen LogP contribution in [-0.2, 0) is 0 Å². The molecule has 2 aromatic carbocycles. The molecule has 0 fully saturated rings. The second kappa shape index (κ2) is 6.12.